The van der Waals surface area contributed by atoms with Crippen LogP contribution in [0, 0.1) is 10.1 Å². The maximum absolute atomic E-state index is 11.3. The van der Waals surface area contributed by atoms with Crippen molar-refractivity contribution >= 4 is 26.9 Å². The van der Waals surface area contributed by atoms with Gasteiger partial charge in [-0.3, -0.25) is 16.0 Å². The third-order valence-electron chi connectivity index (χ3n) is 2.54. The fraction of sp³-hybridized carbons (Fsp3) is 0.400. The summed E-state index contributed by atoms with van der Waals surface area (Å²) < 4.78 is 22.7. The number of rotatable bonds is 7. The van der Waals surface area contributed by atoms with E-state index in [1.165, 1.54) is 12.1 Å². The monoisotopic (exact) mass is 288 g/mol. The molecule has 0 bridgehead atoms. The van der Waals surface area contributed by atoms with Crippen LogP contribution in [0.15, 0.2) is 18.2 Å². The minimum Gasteiger partial charge on any atom is -0.378 e. The van der Waals surface area contributed by atoms with E-state index in [1.54, 1.807) is 13.0 Å². The number of nitrogens with zero attached hydrogens (tertiary/aromatic N) is 1. The van der Waals surface area contributed by atoms with Crippen molar-refractivity contribution in [3.63, 3.8) is 0 Å². The Morgan fingerprint density at radius 3 is 2.53 bits per heavy atom. The first-order valence-corrected chi connectivity index (χ1v) is 7.41. The standard InChI is InChI=1S/C10H16N4O4S/c1-2-19(17,18)7-6-12-8-4-3-5-9(13-11)10(8)14(15)16/h3-5,12-13H,2,6-7,11H2,1H3. The van der Waals surface area contributed by atoms with Crippen molar-refractivity contribution < 1.29 is 13.3 Å². The van der Waals surface area contributed by atoms with E-state index in [0.29, 0.717) is 0 Å². The summed E-state index contributed by atoms with van der Waals surface area (Å²) >= 11 is 0. The molecule has 0 aliphatic heterocycles. The highest BCUT2D eigenvalue weighted by Gasteiger charge is 2.19. The number of sulfone groups is 1. The zero-order valence-electron chi connectivity index (χ0n) is 10.4. The van der Waals surface area contributed by atoms with Crippen molar-refractivity contribution in [3.05, 3.63) is 28.3 Å². The summed E-state index contributed by atoms with van der Waals surface area (Å²) in [7, 11) is -3.11. The van der Waals surface area contributed by atoms with Gasteiger partial charge in [0.1, 0.15) is 11.4 Å². The highest BCUT2D eigenvalue weighted by atomic mass is 32.2. The first-order chi connectivity index (χ1) is 8.91. The van der Waals surface area contributed by atoms with Crippen LogP contribution in [-0.2, 0) is 9.84 Å². The molecule has 1 aromatic carbocycles. The van der Waals surface area contributed by atoms with Gasteiger partial charge in [-0.25, -0.2) is 8.42 Å². The number of nitrogens with one attached hydrogen (secondary N) is 2. The van der Waals surface area contributed by atoms with Crippen LogP contribution in [0.1, 0.15) is 6.92 Å². The maximum Gasteiger partial charge on any atom is 0.316 e. The van der Waals surface area contributed by atoms with E-state index >= 15 is 0 Å². The first kappa shape index (κ1) is 15.2. The summed E-state index contributed by atoms with van der Waals surface area (Å²) in [5, 5.41) is 13.7. The van der Waals surface area contributed by atoms with E-state index in [4.69, 9.17) is 5.84 Å². The molecule has 19 heavy (non-hydrogen) atoms. The Kier molecular flexibility index (Phi) is 5.07. The van der Waals surface area contributed by atoms with Crippen LogP contribution in [0.2, 0.25) is 0 Å². The van der Waals surface area contributed by atoms with Crippen molar-refractivity contribution in [1.82, 2.24) is 0 Å². The third-order valence-corrected chi connectivity index (χ3v) is 4.25. The van der Waals surface area contributed by atoms with Crippen molar-refractivity contribution in [3.8, 4) is 0 Å². The number of nitrogen functional groups attached to an aromatic ring is 1. The zero-order valence-corrected chi connectivity index (χ0v) is 11.2. The quantitative estimate of drug-likeness (QED) is 0.383. The molecule has 0 heterocycles. The lowest BCUT2D eigenvalue weighted by molar-refractivity contribution is -0.383. The topological polar surface area (TPSA) is 127 Å². The highest BCUT2D eigenvalue weighted by Crippen LogP contribution is 2.31. The molecule has 0 atom stereocenters. The van der Waals surface area contributed by atoms with Crippen molar-refractivity contribution in [1.29, 1.82) is 0 Å². The SMILES string of the molecule is CCS(=O)(=O)CCNc1cccc(NN)c1[N+](=O)[O-]. The Bertz CT molecular complexity index is 559. The highest BCUT2D eigenvalue weighted by molar-refractivity contribution is 7.91. The number of hydrogen-bond acceptors (Lipinski definition) is 7. The molecule has 0 aliphatic rings. The molecular weight excluding hydrogens is 272 g/mol. The average molecular weight is 288 g/mol. The zero-order chi connectivity index (χ0) is 14.5. The van der Waals surface area contributed by atoms with Crippen LogP contribution in [-0.4, -0.2) is 31.4 Å². The van der Waals surface area contributed by atoms with E-state index in [0.717, 1.165) is 0 Å². The van der Waals surface area contributed by atoms with E-state index in [9.17, 15) is 18.5 Å². The molecule has 0 fully saturated rings. The van der Waals surface area contributed by atoms with Crippen molar-refractivity contribution in [2.24, 2.45) is 5.84 Å². The molecule has 0 radical (unpaired) electrons. The second-order valence-electron chi connectivity index (χ2n) is 3.77. The number of nitrogens with two attached hydrogens (primary N) is 1. The molecule has 4 N–H and O–H groups in total. The number of para-hydroxylation sites is 1. The smallest absolute Gasteiger partial charge is 0.316 e. The molecule has 0 aromatic heterocycles. The molecular formula is C10H16N4O4S. The van der Waals surface area contributed by atoms with E-state index in [-0.39, 0.29) is 35.1 Å². The lowest BCUT2D eigenvalue weighted by Crippen LogP contribution is -2.18. The van der Waals surface area contributed by atoms with Crippen LogP contribution >= 0.6 is 0 Å². The summed E-state index contributed by atoms with van der Waals surface area (Å²) in [5.41, 5.74) is 2.41. The Morgan fingerprint density at radius 1 is 1.37 bits per heavy atom. The molecule has 0 spiro atoms. The number of nitro groups is 1. The lowest BCUT2D eigenvalue weighted by Gasteiger charge is -2.09. The Hall–Kier alpha value is -1.87. The minimum absolute atomic E-state index is 0.0428. The van der Waals surface area contributed by atoms with E-state index < -0.39 is 14.8 Å². The second kappa shape index (κ2) is 6.34. The van der Waals surface area contributed by atoms with Gasteiger partial charge < -0.3 is 10.7 Å². The normalized spacial score (nSPS) is 11.1. The molecule has 8 nitrogen and oxygen atoms in total. The van der Waals surface area contributed by atoms with Gasteiger partial charge in [0.2, 0.25) is 0 Å². The van der Waals surface area contributed by atoms with Crippen molar-refractivity contribution in [2.75, 3.05) is 28.8 Å². The average Bonchev–Trinajstić information content (AvgIpc) is 2.37. The summed E-state index contributed by atoms with van der Waals surface area (Å²) in [6, 6.07) is 4.54. The van der Waals surface area contributed by atoms with E-state index in [1.807, 2.05) is 0 Å². The molecule has 0 amide bonds. The van der Waals surface area contributed by atoms with Gasteiger partial charge in [0.05, 0.1) is 10.7 Å². The molecule has 9 heteroatoms. The van der Waals surface area contributed by atoms with Gasteiger partial charge in [0.25, 0.3) is 0 Å². The van der Waals surface area contributed by atoms with Gasteiger partial charge in [-0.2, -0.15) is 0 Å². The molecule has 1 rings (SSSR count). The predicted molar refractivity (Wildman–Crippen MR) is 73.7 cm³/mol. The van der Waals surface area contributed by atoms with Crippen LogP contribution in [0.3, 0.4) is 0 Å². The van der Waals surface area contributed by atoms with Gasteiger partial charge in [-0.1, -0.05) is 13.0 Å². The molecule has 0 aliphatic carbocycles. The summed E-state index contributed by atoms with van der Waals surface area (Å²) in [6.07, 6.45) is 0. The molecule has 1 aromatic rings. The predicted octanol–water partition coefficient (Wildman–Crippen LogP) is 0.727. The largest absolute Gasteiger partial charge is 0.378 e. The summed E-state index contributed by atoms with van der Waals surface area (Å²) in [5.74, 6) is 5.16. The van der Waals surface area contributed by atoms with Gasteiger partial charge in [-0.15, -0.1) is 0 Å². The Balaban J connectivity index is 2.87. The van der Waals surface area contributed by atoms with Crippen LogP contribution in [0.25, 0.3) is 0 Å². The summed E-state index contributed by atoms with van der Waals surface area (Å²) in [4.78, 5) is 10.4. The molecule has 0 unspecified atom stereocenters. The second-order valence-corrected chi connectivity index (χ2v) is 6.24. The maximum atomic E-state index is 11.3. The third kappa shape index (κ3) is 4.07. The molecule has 106 valence electrons. The molecule has 0 saturated heterocycles. The van der Waals surface area contributed by atoms with Crippen molar-refractivity contribution in [2.45, 2.75) is 6.92 Å². The lowest BCUT2D eigenvalue weighted by atomic mass is 10.2. The number of benzene rings is 1. The van der Waals surface area contributed by atoms with Gasteiger partial charge >= 0.3 is 5.69 Å². The van der Waals surface area contributed by atoms with Gasteiger partial charge in [0.15, 0.2) is 9.84 Å². The van der Waals surface area contributed by atoms with E-state index in [2.05, 4.69) is 10.7 Å². The number of anilines is 2. The van der Waals surface area contributed by atoms with Crippen LogP contribution in [0.4, 0.5) is 17.1 Å². The van der Waals surface area contributed by atoms with Crippen LogP contribution in [0.5, 0.6) is 0 Å². The number of hydrazine groups is 1. The Labute approximate surface area is 111 Å². The fourth-order valence-electron chi connectivity index (χ4n) is 1.48. The number of hydrogen-bond donors (Lipinski definition) is 3. The van der Waals surface area contributed by atoms with Gasteiger partial charge in [-0.05, 0) is 12.1 Å². The Morgan fingerprint density at radius 2 is 2.00 bits per heavy atom. The van der Waals surface area contributed by atoms with Crippen LogP contribution < -0.4 is 16.6 Å². The fourth-order valence-corrected chi connectivity index (χ4v) is 2.19. The summed E-state index contributed by atoms with van der Waals surface area (Å²) in [6.45, 7) is 1.65. The first-order valence-electron chi connectivity index (χ1n) is 5.59. The minimum atomic E-state index is -3.11. The number of nitro benzene ring substituents is 1. The van der Waals surface area contributed by atoms with Gasteiger partial charge in [0, 0.05) is 12.3 Å². The molecule has 0 saturated carbocycles.